The number of amides is 1. The van der Waals surface area contributed by atoms with E-state index in [-0.39, 0.29) is 17.6 Å². The van der Waals surface area contributed by atoms with E-state index in [1.165, 1.54) is 5.56 Å². The second-order valence-electron chi connectivity index (χ2n) is 8.41. The average molecular weight is 336 g/mol. The lowest BCUT2D eigenvalue weighted by atomic mass is 9.89. The van der Waals surface area contributed by atoms with E-state index in [4.69, 9.17) is 4.74 Å². The summed E-state index contributed by atoms with van der Waals surface area (Å²) in [6.07, 6.45) is 2.84. The number of nitrogens with zero attached hydrogens (tertiary/aromatic N) is 3. The molecular weight excluding hydrogens is 304 g/mol. The maximum atomic E-state index is 12.2. The minimum Gasteiger partial charge on any atom is -0.444 e. The van der Waals surface area contributed by atoms with Gasteiger partial charge < -0.3 is 15.0 Å². The molecule has 0 aliphatic carbocycles. The van der Waals surface area contributed by atoms with Crippen LogP contribution in [0, 0.1) is 12.3 Å². The topological polar surface area (TPSA) is 59.4 Å². The van der Waals surface area contributed by atoms with E-state index >= 15 is 0 Å². The molecule has 24 heavy (non-hydrogen) atoms. The number of carbonyl (C=O) groups is 1. The highest BCUT2D eigenvalue weighted by molar-refractivity contribution is 5.68. The van der Waals surface area contributed by atoms with Crippen LogP contribution in [0.4, 0.5) is 4.79 Å². The predicted octanol–water partition coefficient (Wildman–Crippen LogP) is 3.03. The normalized spacial score (nSPS) is 22.7. The van der Waals surface area contributed by atoms with Crippen molar-refractivity contribution in [2.24, 2.45) is 12.5 Å². The third kappa shape index (κ3) is 4.72. The fourth-order valence-corrected chi connectivity index (χ4v) is 3.20. The van der Waals surface area contributed by atoms with Gasteiger partial charge in [-0.15, -0.1) is 0 Å². The van der Waals surface area contributed by atoms with Crippen molar-refractivity contribution < 1.29 is 9.53 Å². The van der Waals surface area contributed by atoms with Gasteiger partial charge in [0.2, 0.25) is 0 Å². The van der Waals surface area contributed by atoms with E-state index in [2.05, 4.69) is 30.5 Å². The summed E-state index contributed by atoms with van der Waals surface area (Å²) in [7, 11) is 1.94. The van der Waals surface area contributed by atoms with Gasteiger partial charge in [0.15, 0.2) is 0 Å². The van der Waals surface area contributed by atoms with Crippen LogP contribution in [0.5, 0.6) is 0 Å². The number of carbonyl (C=O) groups excluding carboxylic acids is 1. The Morgan fingerprint density at radius 3 is 2.71 bits per heavy atom. The van der Waals surface area contributed by atoms with Crippen LogP contribution >= 0.6 is 0 Å². The van der Waals surface area contributed by atoms with Crippen molar-refractivity contribution in [2.45, 2.75) is 59.6 Å². The van der Waals surface area contributed by atoms with E-state index in [0.717, 1.165) is 31.7 Å². The van der Waals surface area contributed by atoms with Crippen LogP contribution in [0.25, 0.3) is 0 Å². The number of hydrogen-bond acceptors (Lipinski definition) is 4. The molecular formula is C18H32N4O2. The largest absolute Gasteiger partial charge is 0.444 e. The van der Waals surface area contributed by atoms with Crippen molar-refractivity contribution in [3.63, 3.8) is 0 Å². The van der Waals surface area contributed by atoms with Crippen LogP contribution < -0.4 is 5.32 Å². The zero-order valence-electron chi connectivity index (χ0n) is 16.1. The molecule has 6 nitrogen and oxygen atoms in total. The molecule has 1 N–H and O–H groups in total. The molecule has 136 valence electrons. The third-order valence-electron chi connectivity index (χ3n) is 4.56. The van der Waals surface area contributed by atoms with Crippen LogP contribution in [0.1, 0.15) is 58.3 Å². The maximum absolute atomic E-state index is 12.2. The van der Waals surface area contributed by atoms with Gasteiger partial charge in [-0.25, -0.2) is 4.79 Å². The summed E-state index contributed by atoms with van der Waals surface area (Å²) in [6, 6.07) is 0.242. The second-order valence-corrected chi connectivity index (χ2v) is 8.41. The highest BCUT2D eigenvalue weighted by Gasteiger charge is 2.37. The highest BCUT2D eigenvalue weighted by atomic mass is 16.6. The molecule has 0 radical (unpaired) electrons. The van der Waals surface area contributed by atoms with Gasteiger partial charge in [-0.3, -0.25) is 4.68 Å². The predicted molar refractivity (Wildman–Crippen MR) is 94.9 cm³/mol. The minimum absolute atomic E-state index is 0.0707. The van der Waals surface area contributed by atoms with Gasteiger partial charge in [-0.05, 0) is 46.5 Å². The van der Waals surface area contributed by atoms with Gasteiger partial charge in [0.05, 0.1) is 5.69 Å². The van der Waals surface area contributed by atoms with Crippen molar-refractivity contribution in [1.82, 2.24) is 20.0 Å². The summed E-state index contributed by atoms with van der Waals surface area (Å²) >= 11 is 0. The Morgan fingerprint density at radius 1 is 1.50 bits per heavy atom. The van der Waals surface area contributed by atoms with Crippen LogP contribution in [-0.2, 0) is 11.8 Å². The molecule has 1 amide bonds. The molecule has 1 aromatic rings. The van der Waals surface area contributed by atoms with E-state index < -0.39 is 5.60 Å². The number of likely N-dealkylation sites (tertiary alicyclic amines) is 1. The summed E-state index contributed by atoms with van der Waals surface area (Å²) in [4.78, 5) is 14.1. The molecule has 0 spiro atoms. The van der Waals surface area contributed by atoms with Crippen molar-refractivity contribution in [3.05, 3.63) is 17.5 Å². The summed E-state index contributed by atoms with van der Waals surface area (Å²) in [5.41, 5.74) is 1.91. The van der Waals surface area contributed by atoms with Crippen LogP contribution in [0.2, 0.25) is 0 Å². The molecule has 1 fully saturated rings. The van der Waals surface area contributed by atoms with Crippen molar-refractivity contribution in [1.29, 1.82) is 0 Å². The van der Waals surface area contributed by atoms with E-state index in [0.29, 0.717) is 0 Å². The Labute approximate surface area is 145 Å². The molecule has 1 saturated heterocycles. The molecule has 2 heterocycles. The number of rotatable bonds is 4. The first-order valence-corrected chi connectivity index (χ1v) is 8.71. The molecule has 1 aliphatic heterocycles. The number of hydrogen-bond donors (Lipinski definition) is 1. The Balaban J connectivity index is 1.89. The molecule has 0 aromatic carbocycles. The Morgan fingerprint density at radius 2 is 2.17 bits per heavy atom. The van der Waals surface area contributed by atoms with Crippen LogP contribution in [0.3, 0.4) is 0 Å². The molecule has 0 saturated carbocycles. The van der Waals surface area contributed by atoms with Gasteiger partial charge in [0.1, 0.15) is 5.60 Å². The Kier molecular flexibility index (Phi) is 5.28. The lowest BCUT2D eigenvalue weighted by Crippen LogP contribution is -2.39. The number of ether oxygens (including phenoxy) is 1. The quantitative estimate of drug-likeness (QED) is 0.918. The minimum atomic E-state index is -0.444. The number of aromatic nitrogens is 2. The molecule has 2 unspecified atom stereocenters. The van der Waals surface area contributed by atoms with E-state index in [9.17, 15) is 4.79 Å². The van der Waals surface area contributed by atoms with Crippen molar-refractivity contribution >= 4 is 6.09 Å². The van der Waals surface area contributed by atoms with Gasteiger partial charge in [-0.2, -0.15) is 5.10 Å². The SMILES string of the molecule is Cc1nn(C)cc1C(C)NCC1(C)CCN(C(=O)OC(C)(C)C)C1. The first kappa shape index (κ1) is 18.8. The summed E-state index contributed by atoms with van der Waals surface area (Å²) < 4.78 is 7.34. The first-order valence-electron chi connectivity index (χ1n) is 8.71. The van der Waals surface area contributed by atoms with Crippen LogP contribution in [-0.4, -0.2) is 46.0 Å². The summed E-state index contributed by atoms with van der Waals surface area (Å²) in [5.74, 6) is 0. The van der Waals surface area contributed by atoms with Gasteiger partial charge >= 0.3 is 6.09 Å². The van der Waals surface area contributed by atoms with Gasteiger partial charge in [-0.1, -0.05) is 6.92 Å². The third-order valence-corrected chi connectivity index (χ3v) is 4.56. The molecule has 0 bridgehead atoms. The molecule has 2 atom stereocenters. The maximum Gasteiger partial charge on any atom is 0.410 e. The number of aryl methyl sites for hydroxylation is 2. The monoisotopic (exact) mass is 336 g/mol. The smallest absolute Gasteiger partial charge is 0.410 e. The molecule has 1 aromatic heterocycles. The van der Waals surface area contributed by atoms with Gasteiger partial charge in [0.25, 0.3) is 0 Å². The summed E-state index contributed by atoms with van der Waals surface area (Å²) in [6.45, 7) is 14.5. The van der Waals surface area contributed by atoms with Gasteiger partial charge in [0, 0.05) is 44.5 Å². The second kappa shape index (κ2) is 6.75. The molecule has 6 heteroatoms. The molecule has 2 rings (SSSR count). The highest BCUT2D eigenvalue weighted by Crippen LogP contribution is 2.31. The number of nitrogens with one attached hydrogen (secondary N) is 1. The fraction of sp³-hybridized carbons (Fsp3) is 0.778. The van der Waals surface area contributed by atoms with E-state index in [1.807, 2.05) is 44.3 Å². The Hall–Kier alpha value is -1.56. The van der Waals surface area contributed by atoms with E-state index in [1.54, 1.807) is 0 Å². The fourth-order valence-electron chi connectivity index (χ4n) is 3.20. The lowest BCUT2D eigenvalue weighted by Gasteiger charge is -2.28. The van der Waals surface area contributed by atoms with Crippen molar-refractivity contribution in [2.75, 3.05) is 19.6 Å². The van der Waals surface area contributed by atoms with Crippen LogP contribution in [0.15, 0.2) is 6.20 Å². The first-order chi connectivity index (χ1) is 11.0. The molecule has 1 aliphatic rings. The summed E-state index contributed by atoms with van der Waals surface area (Å²) in [5, 5.41) is 8.02. The Bertz CT molecular complexity index is 590. The lowest BCUT2D eigenvalue weighted by molar-refractivity contribution is 0.0275. The zero-order valence-corrected chi connectivity index (χ0v) is 16.1. The zero-order chi connectivity index (χ0) is 18.1. The standard InChI is InChI=1S/C18H32N4O2/c1-13(15-10-21(7)20-14(15)2)19-11-18(6)8-9-22(12-18)16(23)24-17(3,4)5/h10,13,19H,8-9,11-12H2,1-7H3. The van der Waals surface area contributed by atoms with Crippen molar-refractivity contribution in [3.8, 4) is 0 Å². The average Bonchev–Trinajstić information content (AvgIpc) is 2.98.